The van der Waals surface area contributed by atoms with Crippen LogP contribution in [0.5, 0.6) is 5.75 Å². The number of para-hydroxylation sites is 2. The van der Waals surface area contributed by atoms with Crippen molar-refractivity contribution < 1.29 is 14.3 Å². The number of ether oxygens (including phenoxy) is 1. The fraction of sp³-hybridized carbons (Fsp3) is 0.250. The molecule has 1 aromatic heterocycles. The molecule has 3 aromatic carbocycles. The van der Waals surface area contributed by atoms with Crippen LogP contribution in [0.4, 0.5) is 5.69 Å². The maximum atomic E-state index is 14.3. The number of methoxy groups -OCH3 is 1. The number of fused-ring (bicyclic) bond motifs is 3. The molecule has 0 saturated carbocycles. The average Bonchev–Trinajstić information content (AvgIpc) is 3.45. The molecule has 1 atom stereocenters. The molecule has 1 aliphatic rings. The number of carbonyl (C=O) groups is 2. The van der Waals surface area contributed by atoms with Crippen molar-refractivity contribution in [3.8, 4) is 11.4 Å². The van der Waals surface area contributed by atoms with E-state index in [0.29, 0.717) is 17.9 Å². The average molecular weight is 508 g/mol. The Morgan fingerprint density at radius 2 is 1.68 bits per heavy atom. The third kappa shape index (κ3) is 4.82. The van der Waals surface area contributed by atoms with Gasteiger partial charge in [0.25, 0.3) is 5.91 Å². The fourth-order valence-corrected chi connectivity index (χ4v) is 5.11. The van der Waals surface area contributed by atoms with Gasteiger partial charge in [0.15, 0.2) is 0 Å². The van der Waals surface area contributed by atoms with E-state index in [2.05, 4.69) is 48.7 Å². The van der Waals surface area contributed by atoms with Crippen LogP contribution in [-0.4, -0.2) is 41.5 Å². The van der Waals surface area contributed by atoms with Crippen LogP contribution >= 0.6 is 0 Å². The molecular formula is C32H33N3O3. The first-order valence-corrected chi connectivity index (χ1v) is 13.1. The third-order valence-corrected chi connectivity index (χ3v) is 7.09. The van der Waals surface area contributed by atoms with Crippen LogP contribution in [0.1, 0.15) is 53.0 Å². The van der Waals surface area contributed by atoms with Gasteiger partial charge in [-0.05, 0) is 61.4 Å². The second-order valence-electron chi connectivity index (χ2n) is 9.68. The molecule has 0 spiro atoms. The van der Waals surface area contributed by atoms with Gasteiger partial charge in [0, 0.05) is 18.3 Å². The minimum Gasteiger partial charge on any atom is -0.497 e. The highest BCUT2D eigenvalue weighted by Gasteiger charge is 2.37. The summed E-state index contributed by atoms with van der Waals surface area (Å²) in [5.74, 6) is 0.317. The molecule has 0 fully saturated rings. The van der Waals surface area contributed by atoms with Crippen molar-refractivity contribution >= 4 is 17.5 Å². The second kappa shape index (κ2) is 11.0. The lowest BCUT2D eigenvalue weighted by Crippen LogP contribution is -2.47. The summed E-state index contributed by atoms with van der Waals surface area (Å²) in [5.41, 5.74) is 5.49. The molecule has 0 radical (unpaired) electrons. The van der Waals surface area contributed by atoms with Gasteiger partial charge in [-0.2, -0.15) is 0 Å². The molecule has 194 valence electrons. The Kier molecular flexibility index (Phi) is 7.31. The SMILES string of the molecule is CCCCN(CC(=O)N1c2ccccc2-n2cccc2C1c1ccc(C)cc1)C(=O)c1cccc(OC)c1. The van der Waals surface area contributed by atoms with Crippen molar-refractivity contribution in [1.29, 1.82) is 0 Å². The van der Waals surface area contributed by atoms with Crippen LogP contribution in [-0.2, 0) is 4.79 Å². The van der Waals surface area contributed by atoms with Crippen molar-refractivity contribution in [2.75, 3.05) is 25.1 Å². The van der Waals surface area contributed by atoms with E-state index in [1.54, 1.807) is 30.2 Å². The first kappa shape index (κ1) is 25.3. The number of anilines is 1. The summed E-state index contributed by atoms with van der Waals surface area (Å²) in [6, 6.07) is 27.1. The number of aromatic nitrogens is 1. The van der Waals surface area contributed by atoms with Gasteiger partial charge in [0.2, 0.25) is 5.91 Å². The maximum absolute atomic E-state index is 14.3. The number of rotatable bonds is 8. The van der Waals surface area contributed by atoms with Gasteiger partial charge in [-0.25, -0.2) is 0 Å². The lowest BCUT2D eigenvalue weighted by Gasteiger charge is -2.39. The maximum Gasteiger partial charge on any atom is 0.254 e. The van der Waals surface area contributed by atoms with E-state index in [-0.39, 0.29) is 24.4 Å². The molecule has 6 nitrogen and oxygen atoms in total. The van der Waals surface area contributed by atoms with E-state index >= 15 is 0 Å². The van der Waals surface area contributed by atoms with E-state index < -0.39 is 0 Å². The van der Waals surface area contributed by atoms with Gasteiger partial charge >= 0.3 is 0 Å². The predicted octanol–water partition coefficient (Wildman–Crippen LogP) is 6.17. The Labute approximate surface area is 224 Å². The van der Waals surface area contributed by atoms with E-state index in [9.17, 15) is 9.59 Å². The number of nitrogens with zero attached hydrogens (tertiary/aromatic N) is 3. The molecule has 0 bridgehead atoms. The summed E-state index contributed by atoms with van der Waals surface area (Å²) in [4.78, 5) is 31.4. The Morgan fingerprint density at radius 3 is 2.42 bits per heavy atom. The van der Waals surface area contributed by atoms with Crippen molar-refractivity contribution in [3.05, 3.63) is 114 Å². The topological polar surface area (TPSA) is 54.8 Å². The number of aryl methyl sites for hydroxylation is 1. The Hall–Kier alpha value is -4.32. The van der Waals surface area contributed by atoms with E-state index in [4.69, 9.17) is 4.74 Å². The zero-order valence-electron chi connectivity index (χ0n) is 22.1. The van der Waals surface area contributed by atoms with Crippen molar-refractivity contribution in [2.45, 2.75) is 32.7 Å². The first-order chi connectivity index (χ1) is 18.5. The molecule has 1 aliphatic heterocycles. The smallest absolute Gasteiger partial charge is 0.254 e. The van der Waals surface area contributed by atoms with Crippen LogP contribution in [0.15, 0.2) is 91.1 Å². The summed E-state index contributed by atoms with van der Waals surface area (Å²) in [6.45, 7) is 4.62. The monoisotopic (exact) mass is 507 g/mol. The van der Waals surface area contributed by atoms with Crippen LogP contribution in [0.25, 0.3) is 5.69 Å². The minimum absolute atomic E-state index is 0.0204. The largest absolute Gasteiger partial charge is 0.497 e. The summed E-state index contributed by atoms with van der Waals surface area (Å²) in [7, 11) is 1.58. The van der Waals surface area contributed by atoms with Gasteiger partial charge in [0.1, 0.15) is 18.3 Å². The molecular weight excluding hydrogens is 474 g/mol. The second-order valence-corrected chi connectivity index (χ2v) is 9.68. The molecule has 1 unspecified atom stereocenters. The highest BCUT2D eigenvalue weighted by atomic mass is 16.5. The quantitative estimate of drug-likeness (QED) is 0.286. The molecule has 5 rings (SSSR count). The number of hydrogen-bond acceptors (Lipinski definition) is 3. The normalized spacial score (nSPS) is 14.0. The molecule has 2 amide bonds. The number of amides is 2. The van der Waals surface area contributed by atoms with Gasteiger partial charge in [-0.1, -0.05) is 61.4 Å². The number of benzene rings is 3. The van der Waals surface area contributed by atoms with Gasteiger partial charge < -0.3 is 14.2 Å². The minimum atomic E-state index is -0.312. The van der Waals surface area contributed by atoms with Crippen molar-refractivity contribution in [2.24, 2.45) is 0 Å². The van der Waals surface area contributed by atoms with E-state index in [1.807, 2.05) is 47.5 Å². The number of unbranched alkanes of at least 4 members (excludes halogenated alkanes) is 1. The summed E-state index contributed by atoms with van der Waals surface area (Å²) < 4.78 is 7.48. The number of hydrogen-bond donors (Lipinski definition) is 0. The first-order valence-electron chi connectivity index (χ1n) is 13.1. The summed E-state index contributed by atoms with van der Waals surface area (Å²) in [5, 5.41) is 0. The van der Waals surface area contributed by atoms with Gasteiger partial charge in [-0.3, -0.25) is 14.5 Å². The standard InChI is InChI=1S/C32H33N3O3/c1-4-5-19-33(32(37)25-10-8-11-26(21-25)38-3)22-30(36)35-28-13-7-6-12-27(28)34-20-9-14-29(34)31(35)24-17-15-23(2)16-18-24/h6-18,20-21,31H,4-5,19,22H2,1-3H3. The zero-order chi connectivity index (χ0) is 26.6. The van der Waals surface area contributed by atoms with Crippen molar-refractivity contribution in [3.63, 3.8) is 0 Å². The lowest BCUT2D eigenvalue weighted by atomic mass is 9.97. The Bertz CT molecular complexity index is 1440. The zero-order valence-corrected chi connectivity index (χ0v) is 22.1. The molecule has 4 aromatic rings. The molecule has 38 heavy (non-hydrogen) atoms. The van der Waals surface area contributed by atoms with E-state index in [0.717, 1.165) is 41.0 Å². The molecule has 0 saturated heterocycles. The highest BCUT2D eigenvalue weighted by molar-refractivity contribution is 6.02. The third-order valence-electron chi connectivity index (χ3n) is 7.09. The molecule has 2 heterocycles. The van der Waals surface area contributed by atoms with Gasteiger partial charge in [-0.15, -0.1) is 0 Å². The predicted molar refractivity (Wildman–Crippen MR) is 150 cm³/mol. The van der Waals surface area contributed by atoms with Crippen LogP contribution in [0.2, 0.25) is 0 Å². The Morgan fingerprint density at radius 1 is 0.921 bits per heavy atom. The molecule has 0 aliphatic carbocycles. The highest BCUT2D eigenvalue weighted by Crippen LogP contribution is 2.42. The summed E-state index contributed by atoms with van der Waals surface area (Å²) in [6.07, 6.45) is 3.77. The Balaban J connectivity index is 1.54. The van der Waals surface area contributed by atoms with Crippen molar-refractivity contribution in [1.82, 2.24) is 9.47 Å². The van der Waals surface area contributed by atoms with Gasteiger partial charge in [0.05, 0.1) is 24.2 Å². The molecule has 0 N–H and O–H groups in total. The van der Waals surface area contributed by atoms with Crippen LogP contribution in [0.3, 0.4) is 0 Å². The van der Waals surface area contributed by atoms with Crippen LogP contribution in [0, 0.1) is 6.92 Å². The fourth-order valence-electron chi connectivity index (χ4n) is 5.11. The number of carbonyl (C=O) groups excluding carboxylic acids is 2. The van der Waals surface area contributed by atoms with E-state index in [1.165, 1.54) is 0 Å². The summed E-state index contributed by atoms with van der Waals surface area (Å²) >= 11 is 0. The molecule has 6 heteroatoms. The lowest BCUT2D eigenvalue weighted by molar-refractivity contribution is -0.119. The van der Waals surface area contributed by atoms with Crippen LogP contribution < -0.4 is 9.64 Å².